The number of hydrogen-bond acceptors (Lipinski definition) is 4. The molecule has 3 amide bonds. The largest absolute Gasteiger partial charge is 0.497 e. The molecule has 0 aliphatic carbocycles. The summed E-state index contributed by atoms with van der Waals surface area (Å²) in [6, 6.07) is 22.2. The number of rotatable bonds is 7. The summed E-state index contributed by atoms with van der Waals surface area (Å²) in [6.07, 6.45) is 1.87. The second-order valence-corrected chi connectivity index (χ2v) is 8.48. The SMILES string of the molecule is CCOc1ccc(NC(=O)N2CCC[C@H](c3cccc(C(=O)Nc4cccc(OC)c4)c3)C2)cc1. The molecular weight excluding hydrogens is 442 g/mol. The number of methoxy groups -OCH3 is 1. The summed E-state index contributed by atoms with van der Waals surface area (Å²) in [5, 5.41) is 5.90. The number of carbonyl (C=O) groups is 2. The van der Waals surface area contributed by atoms with Gasteiger partial charge in [0.2, 0.25) is 0 Å². The van der Waals surface area contributed by atoms with Gasteiger partial charge >= 0.3 is 6.03 Å². The summed E-state index contributed by atoms with van der Waals surface area (Å²) in [6.45, 7) is 3.84. The molecule has 1 saturated heterocycles. The van der Waals surface area contributed by atoms with Gasteiger partial charge in [-0.3, -0.25) is 4.79 Å². The summed E-state index contributed by atoms with van der Waals surface area (Å²) in [5.74, 6) is 1.45. The maximum absolute atomic E-state index is 12.9. The molecule has 4 rings (SSSR count). The molecule has 2 N–H and O–H groups in total. The van der Waals surface area contributed by atoms with Crippen molar-refractivity contribution < 1.29 is 19.1 Å². The number of urea groups is 1. The fourth-order valence-electron chi connectivity index (χ4n) is 4.28. The lowest BCUT2D eigenvalue weighted by Crippen LogP contribution is -2.41. The number of hydrogen-bond donors (Lipinski definition) is 2. The molecule has 0 saturated carbocycles. The average Bonchev–Trinajstić information content (AvgIpc) is 2.90. The molecule has 7 nitrogen and oxygen atoms in total. The van der Waals surface area contributed by atoms with E-state index in [0.29, 0.717) is 36.7 Å². The summed E-state index contributed by atoms with van der Waals surface area (Å²) in [4.78, 5) is 27.6. The first-order valence-electron chi connectivity index (χ1n) is 11.9. The van der Waals surface area contributed by atoms with E-state index in [2.05, 4.69) is 10.6 Å². The van der Waals surface area contributed by atoms with Crippen LogP contribution in [0.3, 0.4) is 0 Å². The topological polar surface area (TPSA) is 79.9 Å². The minimum absolute atomic E-state index is 0.120. The highest BCUT2D eigenvalue weighted by atomic mass is 16.5. The molecule has 3 aromatic rings. The Kier molecular flexibility index (Phi) is 7.88. The van der Waals surface area contributed by atoms with Crippen LogP contribution in [-0.2, 0) is 0 Å². The Labute approximate surface area is 206 Å². The summed E-state index contributed by atoms with van der Waals surface area (Å²) in [5.41, 5.74) is 3.05. The van der Waals surface area contributed by atoms with E-state index in [0.717, 1.165) is 29.8 Å². The van der Waals surface area contributed by atoms with Crippen LogP contribution in [0.15, 0.2) is 72.8 Å². The van der Waals surface area contributed by atoms with Crippen LogP contribution in [0.5, 0.6) is 11.5 Å². The fraction of sp³-hybridized carbons (Fsp3) is 0.286. The number of nitrogens with zero attached hydrogens (tertiary/aromatic N) is 1. The molecule has 1 aliphatic rings. The zero-order chi connectivity index (χ0) is 24.6. The summed E-state index contributed by atoms with van der Waals surface area (Å²) >= 11 is 0. The van der Waals surface area contributed by atoms with Gasteiger partial charge in [-0.15, -0.1) is 0 Å². The van der Waals surface area contributed by atoms with E-state index in [1.165, 1.54) is 0 Å². The van der Waals surface area contributed by atoms with Crippen LogP contribution < -0.4 is 20.1 Å². The first-order chi connectivity index (χ1) is 17.1. The van der Waals surface area contributed by atoms with Gasteiger partial charge in [0.1, 0.15) is 11.5 Å². The van der Waals surface area contributed by atoms with Crippen LogP contribution in [-0.4, -0.2) is 43.6 Å². The molecule has 0 spiro atoms. The molecule has 1 heterocycles. The van der Waals surface area contributed by atoms with Crippen molar-refractivity contribution in [1.82, 2.24) is 4.90 Å². The van der Waals surface area contributed by atoms with E-state index in [4.69, 9.17) is 9.47 Å². The molecular formula is C28H31N3O4. The van der Waals surface area contributed by atoms with Crippen LogP contribution in [0.25, 0.3) is 0 Å². The Morgan fingerprint density at radius 3 is 2.51 bits per heavy atom. The Bertz CT molecular complexity index is 1160. The lowest BCUT2D eigenvalue weighted by Gasteiger charge is -2.33. The van der Waals surface area contributed by atoms with Gasteiger partial charge in [-0.2, -0.15) is 0 Å². The van der Waals surface area contributed by atoms with E-state index in [1.807, 2.05) is 72.5 Å². The third-order valence-electron chi connectivity index (χ3n) is 6.07. The minimum atomic E-state index is -0.180. The zero-order valence-electron chi connectivity index (χ0n) is 20.1. The normalized spacial score (nSPS) is 15.3. The van der Waals surface area contributed by atoms with Gasteiger partial charge < -0.3 is 25.0 Å². The molecule has 1 atom stereocenters. The van der Waals surface area contributed by atoms with Crippen LogP contribution in [0.1, 0.15) is 41.6 Å². The fourth-order valence-corrected chi connectivity index (χ4v) is 4.28. The highest BCUT2D eigenvalue weighted by Gasteiger charge is 2.25. The maximum atomic E-state index is 12.9. The van der Waals surface area contributed by atoms with Crippen LogP contribution in [0.2, 0.25) is 0 Å². The standard InChI is InChI=1S/C28H31N3O4/c1-3-35-25-14-12-23(13-15-25)30-28(33)31-16-6-9-22(19-31)20-7-4-8-21(17-20)27(32)29-24-10-5-11-26(18-24)34-2/h4-5,7-8,10-15,17-18,22H,3,6,9,16,19H2,1-2H3,(H,29,32)(H,30,33)/t22-/m0/s1. The van der Waals surface area contributed by atoms with Crippen LogP contribution in [0.4, 0.5) is 16.2 Å². The van der Waals surface area contributed by atoms with Gasteiger partial charge in [-0.1, -0.05) is 18.2 Å². The van der Waals surface area contributed by atoms with Crippen molar-refractivity contribution >= 4 is 23.3 Å². The van der Waals surface area contributed by atoms with E-state index in [9.17, 15) is 9.59 Å². The van der Waals surface area contributed by atoms with E-state index >= 15 is 0 Å². The lowest BCUT2D eigenvalue weighted by atomic mass is 9.89. The highest BCUT2D eigenvalue weighted by Crippen LogP contribution is 2.28. The molecule has 7 heteroatoms. The number of amides is 3. The highest BCUT2D eigenvalue weighted by molar-refractivity contribution is 6.04. The number of carbonyl (C=O) groups excluding carboxylic acids is 2. The van der Waals surface area contributed by atoms with Gasteiger partial charge in [0.15, 0.2) is 0 Å². The Hall–Kier alpha value is -4.00. The predicted octanol–water partition coefficient (Wildman–Crippen LogP) is 5.76. The van der Waals surface area contributed by atoms with Crippen molar-refractivity contribution in [1.29, 1.82) is 0 Å². The van der Waals surface area contributed by atoms with E-state index in [-0.39, 0.29) is 17.9 Å². The Balaban J connectivity index is 1.39. The number of benzene rings is 3. The van der Waals surface area contributed by atoms with Crippen molar-refractivity contribution in [3.63, 3.8) is 0 Å². The lowest BCUT2D eigenvalue weighted by molar-refractivity contribution is 0.102. The molecule has 3 aromatic carbocycles. The third-order valence-corrected chi connectivity index (χ3v) is 6.07. The predicted molar refractivity (Wildman–Crippen MR) is 138 cm³/mol. The van der Waals surface area contributed by atoms with Crippen molar-refractivity contribution in [3.8, 4) is 11.5 Å². The molecule has 1 aliphatic heterocycles. The molecule has 0 bridgehead atoms. The number of piperidine rings is 1. The molecule has 1 fully saturated rings. The van der Waals surface area contributed by atoms with Gasteiger partial charge in [0.25, 0.3) is 5.91 Å². The van der Waals surface area contributed by atoms with Crippen molar-refractivity contribution in [3.05, 3.63) is 83.9 Å². The Morgan fingerprint density at radius 1 is 0.943 bits per heavy atom. The van der Waals surface area contributed by atoms with E-state index < -0.39 is 0 Å². The quantitative estimate of drug-likeness (QED) is 0.457. The molecule has 0 aromatic heterocycles. The number of ether oxygens (including phenoxy) is 2. The first-order valence-corrected chi connectivity index (χ1v) is 11.9. The minimum Gasteiger partial charge on any atom is -0.497 e. The molecule has 0 radical (unpaired) electrons. The van der Waals surface area contributed by atoms with Gasteiger partial charge in [-0.25, -0.2) is 4.79 Å². The Morgan fingerprint density at radius 2 is 1.74 bits per heavy atom. The van der Waals surface area contributed by atoms with Gasteiger partial charge in [0.05, 0.1) is 13.7 Å². The number of anilines is 2. The first kappa shape index (κ1) is 24.1. The van der Waals surface area contributed by atoms with Gasteiger partial charge in [-0.05, 0) is 73.9 Å². The van der Waals surface area contributed by atoms with Crippen molar-refractivity contribution in [2.75, 3.05) is 37.4 Å². The number of nitrogens with one attached hydrogen (secondary N) is 2. The van der Waals surface area contributed by atoms with Crippen molar-refractivity contribution in [2.45, 2.75) is 25.7 Å². The number of likely N-dealkylation sites (tertiary alicyclic amines) is 1. The average molecular weight is 474 g/mol. The molecule has 35 heavy (non-hydrogen) atoms. The summed E-state index contributed by atoms with van der Waals surface area (Å²) in [7, 11) is 1.59. The summed E-state index contributed by atoms with van der Waals surface area (Å²) < 4.78 is 10.7. The van der Waals surface area contributed by atoms with Crippen LogP contribution in [0, 0.1) is 0 Å². The smallest absolute Gasteiger partial charge is 0.321 e. The van der Waals surface area contributed by atoms with E-state index in [1.54, 1.807) is 19.2 Å². The van der Waals surface area contributed by atoms with Crippen molar-refractivity contribution in [2.24, 2.45) is 0 Å². The zero-order valence-corrected chi connectivity index (χ0v) is 20.1. The third kappa shape index (κ3) is 6.32. The maximum Gasteiger partial charge on any atom is 0.321 e. The van der Waals surface area contributed by atoms with Gasteiger partial charge in [0, 0.05) is 42.0 Å². The van der Waals surface area contributed by atoms with Crippen LogP contribution >= 0.6 is 0 Å². The second-order valence-electron chi connectivity index (χ2n) is 8.48. The second kappa shape index (κ2) is 11.4. The monoisotopic (exact) mass is 473 g/mol. The molecule has 0 unspecified atom stereocenters. The molecule has 182 valence electrons.